The Balaban J connectivity index is 1.82. The molecule has 0 radical (unpaired) electrons. The molecule has 1 aliphatic carbocycles. The molecule has 0 amide bonds. The Bertz CT molecular complexity index is 1070. The quantitative estimate of drug-likeness (QED) is 0.481. The maximum atomic E-state index is 13.2. The smallest absolute Gasteiger partial charge is 0.316 e. The predicted octanol–water partition coefficient (Wildman–Crippen LogP) is 3.59. The number of esters is 1. The highest BCUT2D eigenvalue weighted by Gasteiger charge is 2.24. The van der Waals surface area contributed by atoms with E-state index in [1.54, 1.807) is 0 Å². The molecular formula is C20H24N4O3S. The SMILES string of the molecule is CC(C)OC(=O)CSc1nnc2n(C3CCCCC3)c(=O)c3ccccc3n12. The third-order valence-electron chi connectivity index (χ3n) is 5.05. The molecular weight excluding hydrogens is 376 g/mol. The average Bonchev–Trinajstić information content (AvgIpc) is 3.11. The zero-order valence-electron chi connectivity index (χ0n) is 16.1. The number of carbonyl (C=O) groups is 1. The molecule has 4 rings (SSSR count). The number of nitrogens with zero attached hydrogens (tertiary/aromatic N) is 4. The van der Waals surface area contributed by atoms with Crippen LogP contribution in [0.5, 0.6) is 0 Å². The van der Waals surface area contributed by atoms with Gasteiger partial charge in [0, 0.05) is 6.04 Å². The van der Waals surface area contributed by atoms with Crippen LogP contribution in [-0.2, 0) is 9.53 Å². The summed E-state index contributed by atoms with van der Waals surface area (Å²) in [4.78, 5) is 25.2. The second kappa shape index (κ2) is 7.95. The second-order valence-electron chi connectivity index (χ2n) is 7.43. The molecule has 1 saturated carbocycles. The van der Waals surface area contributed by atoms with Gasteiger partial charge in [-0.2, -0.15) is 0 Å². The van der Waals surface area contributed by atoms with E-state index in [0.29, 0.717) is 16.3 Å². The zero-order chi connectivity index (χ0) is 19.7. The van der Waals surface area contributed by atoms with Crippen LogP contribution in [0, 0.1) is 0 Å². The molecule has 2 aromatic heterocycles. The van der Waals surface area contributed by atoms with Gasteiger partial charge in [-0.1, -0.05) is 43.2 Å². The summed E-state index contributed by atoms with van der Waals surface area (Å²) in [6, 6.07) is 7.65. The lowest BCUT2D eigenvalue weighted by Crippen LogP contribution is -2.28. The second-order valence-corrected chi connectivity index (χ2v) is 8.37. The van der Waals surface area contributed by atoms with E-state index in [4.69, 9.17) is 4.74 Å². The molecule has 0 atom stereocenters. The molecule has 148 valence electrons. The minimum atomic E-state index is -0.290. The third kappa shape index (κ3) is 3.53. The first-order chi connectivity index (χ1) is 13.6. The predicted molar refractivity (Wildman–Crippen MR) is 109 cm³/mol. The van der Waals surface area contributed by atoms with Crippen LogP contribution < -0.4 is 5.56 Å². The summed E-state index contributed by atoms with van der Waals surface area (Å²) in [7, 11) is 0. The minimum absolute atomic E-state index is 0.0156. The van der Waals surface area contributed by atoms with E-state index in [0.717, 1.165) is 31.2 Å². The molecule has 0 saturated heterocycles. The minimum Gasteiger partial charge on any atom is -0.462 e. The van der Waals surface area contributed by atoms with E-state index in [2.05, 4.69) is 10.2 Å². The molecule has 0 spiro atoms. The van der Waals surface area contributed by atoms with Crippen molar-refractivity contribution in [1.29, 1.82) is 0 Å². The summed E-state index contributed by atoms with van der Waals surface area (Å²) in [5.41, 5.74) is 0.748. The molecule has 1 aromatic carbocycles. The lowest BCUT2D eigenvalue weighted by Gasteiger charge is -2.24. The van der Waals surface area contributed by atoms with Gasteiger partial charge >= 0.3 is 5.97 Å². The van der Waals surface area contributed by atoms with Gasteiger partial charge in [0.15, 0.2) is 5.16 Å². The highest BCUT2D eigenvalue weighted by Crippen LogP contribution is 2.30. The lowest BCUT2D eigenvalue weighted by molar-refractivity contribution is -0.144. The molecule has 0 bridgehead atoms. The van der Waals surface area contributed by atoms with Gasteiger partial charge in [0.2, 0.25) is 5.78 Å². The molecule has 8 heteroatoms. The number of carbonyl (C=O) groups excluding carboxylic acids is 1. The Morgan fingerprint density at radius 1 is 1.21 bits per heavy atom. The maximum absolute atomic E-state index is 13.2. The fraction of sp³-hybridized carbons (Fsp3) is 0.500. The molecule has 2 heterocycles. The molecule has 1 aliphatic rings. The number of fused-ring (bicyclic) bond motifs is 3. The van der Waals surface area contributed by atoms with E-state index in [1.165, 1.54) is 18.2 Å². The van der Waals surface area contributed by atoms with Gasteiger partial charge < -0.3 is 4.74 Å². The fourth-order valence-corrected chi connectivity index (χ4v) is 4.60. The number of thioether (sulfide) groups is 1. The van der Waals surface area contributed by atoms with Crippen molar-refractivity contribution in [2.45, 2.75) is 63.3 Å². The van der Waals surface area contributed by atoms with Gasteiger partial charge in [-0.05, 0) is 38.8 Å². The number of hydrogen-bond acceptors (Lipinski definition) is 6. The zero-order valence-corrected chi connectivity index (χ0v) is 16.9. The standard InChI is InChI=1S/C20H24N4O3S/c1-13(2)27-17(25)12-28-20-22-21-19-23(14-8-4-3-5-9-14)18(26)15-10-6-7-11-16(15)24(19)20/h6-7,10-11,13-14H,3-5,8-9,12H2,1-2H3. The highest BCUT2D eigenvalue weighted by molar-refractivity contribution is 7.99. The number of benzene rings is 1. The summed E-state index contributed by atoms with van der Waals surface area (Å²) >= 11 is 1.28. The molecule has 0 unspecified atom stereocenters. The largest absolute Gasteiger partial charge is 0.462 e. The van der Waals surface area contributed by atoms with Gasteiger partial charge in [0.25, 0.3) is 5.56 Å². The Morgan fingerprint density at radius 2 is 1.96 bits per heavy atom. The topological polar surface area (TPSA) is 78.5 Å². The van der Waals surface area contributed by atoms with Crippen molar-refractivity contribution >= 4 is 34.4 Å². The first kappa shape index (κ1) is 19.0. The monoisotopic (exact) mass is 400 g/mol. The molecule has 0 N–H and O–H groups in total. The number of ether oxygens (including phenoxy) is 1. The van der Waals surface area contributed by atoms with E-state index < -0.39 is 0 Å². The van der Waals surface area contributed by atoms with Gasteiger partial charge in [0.1, 0.15) is 0 Å². The molecule has 1 fully saturated rings. The van der Waals surface area contributed by atoms with Crippen LogP contribution in [0.2, 0.25) is 0 Å². The van der Waals surface area contributed by atoms with Crippen LogP contribution in [0.1, 0.15) is 52.0 Å². The Morgan fingerprint density at radius 3 is 2.71 bits per heavy atom. The average molecular weight is 401 g/mol. The van der Waals surface area contributed by atoms with E-state index in [-0.39, 0.29) is 29.4 Å². The lowest BCUT2D eigenvalue weighted by atomic mass is 9.95. The van der Waals surface area contributed by atoms with E-state index in [9.17, 15) is 9.59 Å². The van der Waals surface area contributed by atoms with Crippen LogP contribution in [-0.4, -0.2) is 37.0 Å². The number of aromatic nitrogens is 4. The fourth-order valence-electron chi connectivity index (χ4n) is 3.88. The van der Waals surface area contributed by atoms with Crippen LogP contribution in [0.25, 0.3) is 16.7 Å². The molecule has 7 nitrogen and oxygen atoms in total. The first-order valence-corrected chi connectivity index (χ1v) is 10.8. The van der Waals surface area contributed by atoms with Crippen molar-refractivity contribution in [3.05, 3.63) is 34.6 Å². The van der Waals surface area contributed by atoms with Crippen molar-refractivity contribution in [3.63, 3.8) is 0 Å². The van der Waals surface area contributed by atoms with Crippen molar-refractivity contribution in [1.82, 2.24) is 19.2 Å². The Kier molecular flexibility index (Phi) is 5.39. The summed E-state index contributed by atoms with van der Waals surface area (Å²) < 4.78 is 8.93. The van der Waals surface area contributed by atoms with Crippen molar-refractivity contribution in [2.24, 2.45) is 0 Å². The van der Waals surface area contributed by atoms with Crippen LogP contribution in [0.4, 0.5) is 0 Å². The first-order valence-electron chi connectivity index (χ1n) is 9.77. The molecule has 28 heavy (non-hydrogen) atoms. The highest BCUT2D eigenvalue weighted by atomic mass is 32.2. The van der Waals surface area contributed by atoms with Gasteiger partial charge in [-0.15, -0.1) is 10.2 Å². The molecule has 0 aliphatic heterocycles. The molecule has 3 aromatic rings. The summed E-state index contributed by atoms with van der Waals surface area (Å²) in [5, 5.41) is 9.89. The Labute approximate surface area is 167 Å². The number of para-hydroxylation sites is 1. The van der Waals surface area contributed by atoms with Gasteiger partial charge in [0.05, 0.1) is 22.8 Å². The van der Waals surface area contributed by atoms with Crippen molar-refractivity contribution in [2.75, 3.05) is 5.75 Å². The third-order valence-corrected chi connectivity index (χ3v) is 5.95. The van der Waals surface area contributed by atoms with Crippen molar-refractivity contribution in [3.8, 4) is 0 Å². The number of rotatable bonds is 5. The van der Waals surface area contributed by atoms with E-state index >= 15 is 0 Å². The summed E-state index contributed by atoms with van der Waals surface area (Å²) in [6.45, 7) is 3.65. The van der Waals surface area contributed by atoms with Gasteiger partial charge in [-0.25, -0.2) is 0 Å². The van der Waals surface area contributed by atoms with Crippen molar-refractivity contribution < 1.29 is 9.53 Å². The van der Waals surface area contributed by atoms with Gasteiger partial charge in [-0.3, -0.25) is 18.6 Å². The van der Waals surface area contributed by atoms with Crippen LogP contribution in [0.15, 0.2) is 34.2 Å². The maximum Gasteiger partial charge on any atom is 0.316 e. The summed E-state index contributed by atoms with van der Waals surface area (Å²) in [6.07, 6.45) is 5.25. The van der Waals surface area contributed by atoms with E-state index in [1.807, 2.05) is 47.1 Å². The summed E-state index contributed by atoms with van der Waals surface area (Å²) in [5.74, 6) is 0.410. The number of hydrogen-bond donors (Lipinski definition) is 0. The van der Waals surface area contributed by atoms with Crippen LogP contribution >= 0.6 is 11.8 Å². The normalized spacial score (nSPS) is 15.5. The Hall–Kier alpha value is -2.35. The van der Waals surface area contributed by atoms with Crippen LogP contribution in [0.3, 0.4) is 0 Å².